The monoisotopic (exact) mass is 325 g/mol. The van der Waals surface area contributed by atoms with Crippen molar-refractivity contribution in [3.8, 4) is 5.75 Å². The van der Waals surface area contributed by atoms with Crippen LogP contribution in [0.15, 0.2) is 48.5 Å². The lowest BCUT2D eigenvalue weighted by atomic mass is 10.0. The molecule has 0 heterocycles. The maximum Gasteiger partial charge on any atom is 0.220 e. The van der Waals surface area contributed by atoms with E-state index in [4.69, 9.17) is 4.74 Å². The van der Waals surface area contributed by atoms with Crippen molar-refractivity contribution in [3.63, 3.8) is 0 Å². The zero-order valence-corrected chi connectivity index (χ0v) is 14.8. The number of ether oxygens (including phenoxy) is 1. The molecule has 2 rings (SSSR count). The van der Waals surface area contributed by atoms with E-state index < -0.39 is 0 Å². The molecule has 3 heteroatoms. The second-order valence-electron chi connectivity index (χ2n) is 6.15. The minimum atomic E-state index is 0.0291. The Morgan fingerprint density at radius 1 is 1.08 bits per heavy atom. The van der Waals surface area contributed by atoms with Gasteiger partial charge in [0, 0.05) is 6.42 Å². The van der Waals surface area contributed by atoms with Crippen LogP contribution >= 0.6 is 0 Å². The standard InChI is InChI=1S/C21H27NO2/c1-4-18-9-11-19(12-10-18)17(3)22-21(23)6-5-15-24-20-13-7-16(2)8-14-20/h7-14,17H,4-6,15H2,1-3H3,(H,22,23). The normalized spacial score (nSPS) is 11.8. The molecule has 0 aliphatic carbocycles. The Hall–Kier alpha value is -2.29. The van der Waals surface area contributed by atoms with Crippen LogP contribution in [0.5, 0.6) is 5.75 Å². The van der Waals surface area contributed by atoms with E-state index in [9.17, 15) is 4.79 Å². The first-order valence-corrected chi connectivity index (χ1v) is 8.66. The first kappa shape index (κ1) is 18.1. The highest BCUT2D eigenvalue weighted by Crippen LogP contribution is 2.14. The van der Waals surface area contributed by atoms with Gasteiger partial charge in [0.1, 0.15) is 5.75 Å². The molecule has 1 unspecified atom stereocenters. The van der Waals surface area contributed by atoms with E-state index >= 15 is 0 Å². The van der Waals surface area contributed by atoms with Crippen LogP contribution in [0.25, 0.3) is 0 Å². The third-order valence-electron chi connectivity index (χ3n) is 4.10. The van der Waals surface area contributed by atoms with E-state index in [0.717, 1.165) is 17.7 Å². The molecule has 2 aromatic rings. The molecule has 24 heavy (non-hydrogen) atoms. The highest BCUT2D eigenvalue weighted by molar-refractivity contribution is 5.76. The highest BCUT2D eigenvalue weighted by atomic mass is 16.5. The fourth-order valence-corrected chi connectivity index (χ4v) is 2.50. The van der Waals surface area contributed by atoms with Crippen LogP contribution in [-0.2, 0) is 11.2 Å². The molecule has 1 N–H and O–H groups in total. The molecule has 0 saturated heterocycles. The van der Waals surface area contributed by atoms with Crippen LogP contribution < -0.4 is 10.1 Å². The summed E-state index contributed by atoms with van der Waals surface area (Å²) in [6.07, 6.45) is 2.21. The molecular formula is C21H27NO2. The van der Waals surface area contributed by atoms with Crippen molar-refractivity contribution in [1.82, 2.24) is 5.32 Å². The summed E-state index contributed by atoms with van der Waals surface area (Å²) in [4.78, 5) is 12.0. The Morgan fingerprint density at radius 3 is 2.38 bits per heavy atom. The zero-order chi connectivity index (χ0) is 17.4. The van der Waals surface area contributed by atoms with E-state index in [-0.39, 0.29) is 11.9 Å². The van der Waals surface area contributed by atoms with Crippen molar-refractivity contribution in [2.45, 2.75) is 46.1 Å². The molecule has 1 atom stereocenters. The molecular weight excluding hydrogens is 298 g/mol. The SMILES string of the molecule is CCc1ccc(C(C)NC(=O)CCCOc2ccc(C)cc2)cc1. The second-order valence-corrected chi connectivity index (χ2v) is 6.15. The van der Waals surface area contributed by atoms with Crippen LogP contribution in [0.4, 0.5) is 0 Å². The molecule has 0 bridgehead atoms. The summed E-state index contributed by atoms with van der Waals surface area (Å²) in [6.45, 7) is 6.75. The van der Waals surface area contributed by atoms with Gasteiger partial charge in [-0.15, -0.1) is 0 Å². The van der Waals surface area contributed by atoms with E-state index in [1.165, 1.54) is 11.1 Å². The van der Waals surface area contributed by atoms with Crippen LogP contribution in [0.3, 0.4) is 0 Å². The summed E-state index contributed by atoms with van der Waals surface area (Å²) in [5.74, 6) is 0.917. The zero-order valence-electron chi connectivity index (χ0n) is 14.8. The van der Waals surface area contributed by atoms with E-state index in [1.807, 2.05) is 38.1 Å². The van der Waals surface area contributed by atoms with Gasteiger partial charge in [-0.1, -0.05) is 48.9 Å². The number of hydrogen-bond acceptors (Lipinski definition) is 2. The first-order valence-electron chi connectivity index (χ1n) is 8.66. The molecule has 0 aromatic heterocycles. The minimum absolute atomic E-state index is 0.0291. The van der Waals surface area contributed by atoms with Crippen molar-refractivity contribution in [2.75, 3.05) is 6.61 Å². The molecule has 0 spiro atoms. The van der Waals surface area contributed by atoms with Gasteiger partial charge in [-0.2, -0.15) is 0 Å². The van der Waals surface area contributed by atoms with Gasteiger partial charge in [0.05, 0.1) is 12.6 Å². The van der Waals surface area contributed by atoms with Crippen LogP contribution in [0.2, 0.25) is 0 Å². The van der Waals surface area contributed by atoms with Crippen LogP contribution in [-0.4, -0.2) is 12.5 Å². The van der Waals surface area contributed by atoms with E-state index in [2.05, 4.69) is 36.5 Å². The summed E-state index contributed by atoms with van der Waals surface area (Å²) >= 11 is 0. The van der Waals surface area contributed by atoms with Crippen LogP contribution in [0.1, 0.15) is 49.4 Å². The average molecular weight is 325 g/mol. The Morgan fingerprint density at radius 2 is 1.75 bits per heavy atom. The number of amides is 1. The molecule has 3 nitrogen and oxygen atoms in total. The van der Waals surface area contributed by atoms with Crippen molar-refractivity contribution in [2.24, 2.45) is 0 Å². The van der Waals surface area contributed by atoms with Gasteiger partial charge in [-0.25, -0.2) is 0 Å². The Labute approximate surface area is 145 Å². The topological polar surface area (TPSA) is 38.3 Å². The second kappa shape index (κ2) is 9.11. The smallest absolute Gasteiger partial charge is 0.220 e. The van der Waals surface area contributed by atoms with Gasteiger partial charge in [0.2, 0.25) is 5.91 Å². The lowest BCUT2D eigenvalue weighted by molar-refractivity contribution is -0.121. The average Bonchev–Trinajstić information content (AvgIpc) is 2.60. The maximum atomic E-state index is 12.0. The number of hydrogen-bond donors (Lipinski definition) is 1. The van der Waals surface area contributed by atoms with Crippen molar-refractivity contribution < 1.29 is 9.53 Å². The van der Waals surface area contributed by atoms with Gasteiger partial charge in [-0.05, 0) is 49.9 Å². The predicted octanol–water partition coefficient (Wildman–Crippen LogP) is 4.59. The summed E-state index contributed by atoms with van der Waals surface area (Å²) in [5.41, 5.74) is 3.66. The lowest BCUT2D eigenvalue weighted by Crippen LogP contribution is -2.26. The van der Waals surface area contributed by atoms with Crippen molar-refractivity contribution >= 4 is 5.91 Å². The number of aryl methyl sites for hydroxylation is 2. The maximum absolute atomic E-state index is 12.0. The number of carbonyl (C=O) groups is 1. The van der Waals surface area contributed by atoms with Crippen molar-refractivity contribution in [3.05, 3.63) is 65.2 Å². The number of carbonyl (C=O) groups excluding carboxylic acids is 1. The Bertz CT molecular complexity index is 632. The third kappa shape index (κ3) is 5.73. The third-order valence-corrected chi connectivity index (χ3v) is 4.10. The molecule has 0 radical (unpaired) electrons. The number of benzene rings is 2. The minimum Gasteiger partial charge on any atom is -0.494 e. The summed E-state index contributed by atoms with van der Waals surface area (Å²) in [6, 6.07) is 16.4. The number of nitrogens with one attached hydrogen (secondary N) is 1. The quantitative estimate of drug-likeness (QED) is 0.721. The largest absolute Gasteiger partial charge is 0.494 e. The van der Waals surface area contributed by atoms with Crippen LogP contribution in [0, 0.1) is 6.92 Å². The molecule has 128 valence electrons. The molecule has 2 aromatic carbocycles. The molecule has 0 saturated carbocycles. The fourth-order valence-electron chi connectivity index (χ4n) is 2.50. The number of rotatable bonds is 8. The summed E-state index contributed by atoms with van der Waals surface area (Å²) < 4.78 is 5.65. The molecule has 0 aliphatic heterocycles. The van der Waals surface area contributed by atoms with Gasteiger partial charge >= 0.3 is 0 Å². The predicted molar refractivity (Wildman–Crippen MR) is 98.3 cm³/mol. The summed E-state index contributed by atoms with van der Waals surface area (Å²) in [7, 11) is 0. The van der Waals surface area contributed by atoms with Gasteiger partial charge in [0.15, 0.2) is 0 Å². The molecule has 0 aliphatic rings. The highest BCUT2D eigenvalue weighted by Gasteiger charge is 2.09. The summed E-state index contributed by atoms with van der Waals surface area (Å²) in [5, 5.41) is 3.05. The fraction of sp³-hybridized carbons (Fsp3) is 0.381. The van der Waals surface area contributed by atoms with Gasteiger partial charge in [-0.3, -0.25) is 4.79 Å². The van der Waals surface area contributed by atoms with Crippen molar-refractivity contribution in [1.29, 1.82) is 0 Å². The van der Waals surface area contributed by atoms with E-state index in [0.29, 0.717) is 19.4 Å². The Kier molecular flexibility index (Phi) is 6.86. The first-order chi connectivity index (χ1) is 11.6. The van der Waals surface area contributed by atoms with Gasteiger partial charge in [0.25, 0.3) is 0 Å². The molecule has 1 amide bonds. The Balaban J connectivity index is 1.69. The van der Waals surface area contributed by atoms with Gasteiger partial charge < -0.3 is 10.1 Å². The van der Waals surface area contributed by atoms with E-state index in [1.54, 1.807) is 0 Å². The molecule has 0 fully saturated rings. The lowest BCUT2D eigenvalue weighted by Gasteiger charge is -2.15.